The Morgan fingerprint density at radius 1 is 1.10 bits per heavy atom. The minimum absolute atomic E-state index is 0.0169. The highest BCUT2D eigenvalue weighted by atomic mass is 32.2. The van der Waals surface area contributed by atoms with Crippen molar-refractivity contribution in [2.75, 3.05) is 20.3 Å². The van der Waals surface area contributed by atoms with E-state index in [0.717, 1.165) is 22.9 Å². The summed E-state index contributed by atoms with van der Waals surface area (Å²) in [5.41, 5.74) is 1.84. The molecule has 0 aromatic heterocycles. The highest BCUT2D eigenvalue weighted by molar-refractivity contribution is 8.18. The lowest BCUT2D eigenvalue weighted by Crippen LogP contribution is -2.32. The molecule has 0 radical (unpaired) electrons. The number of ether oxygens (including phenoxy) is 3. The minimum Gasteiger partial charge on any atom is -0.493 e. The fourth-order valence-electron chi connectivity index (χ4n) is 2.93. The van der Waals surface area contributed by atoms with Gasteiger partial charge in [0.25, 0.3) is 11.1 Å². The first-order valence-corrected chi connectivity index (χ1v) is 10.5. The normalized spacial score (nSPS) is 15.2. The van der Waals surface area contributed by atoms with E-state index < -0.39 is 0 Å². The van der Waals surface area contributed by atoms with Crippen molar-refractivity contribution in [3.63, 3.8) is 0 Å². The van der Waals surface area contributed by atoms with E-state index in [1.807, 2.05) is 51.1 Å². The molecule has 0 bridgehead atoms. The van der Waals surface area contributed by atoms with E-state index in [-0.39, 0.29) is 30.4 Å². The van der Waals surface area contributed by atoms with Gasteiger partial charge >= 0.3 is 0 Å². The van der Waals surface area contributed by atoms with E-state index in [4.69, 9.17) is 14.2 Å². The fourth-order valence-corrected chi connectivity index (χ4v) is 3.79. The van der Waals surface area contributed by atoms with Crippen LogP contribution in [0.5, 0.6) is 17.2 Å². The van der Waals surface area contributed by atoms with Crippen molar-refractivity contribution in [1.82, 2.24) is 4.90 Å². The predicted molar refractivity (Wildman–Crippen MR) is 118 cm³/mol. The molecule has 2 amide bonds. The molecular weight excluding hydrogens is 402 g/mol. The molecule has 7 heteroatoms. The first-order valence-electron chi connectivity index (χ1n) is 9.67. The van der Waals surface area contributed by atoms with Crippen LogP contribution in [0.2, 0.25) is 0 Å². The maximum absolute atomic E-state index is 12.7. The Bertz CT molecular complexity index is 970. The number of hydrogen-bond donors (Lipinski definition) is 0. The Morgan fingerprint density at radius 2 is 1.90 bits per heavy atom. The minimum atomic E-state index is -0.320. The second-order valence-corrected chi connectivity index (χ2v) is 8.07. The largest absolute Gasteiger partial charge is 0.493 e. The number of carbonyl (C=O) groups is 2. The molecule has 0 N–H and O–H groups in total. The summed E-state index contributed by atoms with van der Waals surface area (Å²) in [6.07, 6.45) is 1.71. The highest BCUT2D eigenvalue weighted by Gasteiger charge is 2.34. The zero-order chi connectivity index (χ0) is 21.7. The number of aryl methyl sites for hydroxylation is 1. The number of imide groups is 1. The molecule has 0 saturated carbocycles. The molecule has 1 heterocycles. The summed E-state index contributed by atoms with van der Waals surface area (Å²) >= 11 is 0.925. The molecule has 1 fully saturated rings. The lowest BCUT2D eigenvalue weighted by atomic mass is 10.2. The summed E-state index contributed by atoms with van der Waals surface area (Å²) in [6.45, 7) is 6.28. The summed E-state index contributed by atoms with van der Waals surface area (Å²) in [6, 6.07) is 13.0. The fraction of sp³-hybridized carbons (Fsp3) is 0.304. The van der Waals surface area contributed by atoms with Crippen molar-refractivity contribution >= 4 is 29.0 Å². The average molecular weight is 428 g/mol. The number of hydrogen-bond acceptors (Lipinski definition) is 6. The monoisotopic (exact) mass is 427 g/mol. The van der Waals surface area contributed by atoms with E-state index in [2.05, 4.69) is 0 Å². The van der Waals surface area contributed by atoms with Crippen molar-refractivity contribution in [2.24, 2.45) is 0 Å². The molecule has 6 nitrogen and oxygen atoms in total. The highest BCUT2D eigenvalue weighted by Crippen LogP contribution is 2.34. The van der Waals surface area contributed by atoms with E-state index in [1.165, 1.54) is 4.90 Å². The third-order valence-electron chi connectivity index (χ3n) is 4.29. The molecule has 30 heavy (non-hydrogen) atoms. The third kappa shape index (κ3) is 5.36. The molecule has 2 aromatic rings. The Kier molecular flexibility index (Phi) is 7.05. The van der Waals surface area contributed by atoms with Gasteiger partial charge in [0.2, 0.25) is 0 Å². The van der Waals surface area contributed by atoms with Crippen LogP contribution in [0.3, 0.4) is 0 Å². The van der Waals surface area contributed by atoms with Gasteiger partial charge in [-0.2, -0.15) is 0 Å². The van der Waals surface area contributed by atoms with Gasteiger partial charge in [-0.05, 0) is 74.0 Å². The summed E-state index contributed by atoms with van der Waals surface area (Å²) in [4.78, 5) is 26.6. The predicted octanol–water partition coefficient (Wildman–Crippen LogP) is 4.91. The van der Waals surface area contributed by atoms with Crippen LogP contribution in [0.25, 0.3) is 6.08 Å². The number of carbonyl (C=O) groups excluding carboxylic acids is 2. The molecule has 1 aliphatic heterocycles. The van der Waals surface area contributed by atoms with Crippen molar-refractivity contribution in [3.05, 3.63) is 58.5 Å². The van der Waals surface area contributed by atoms with Crippen LogP contribution < -0.4 is 14.2 Å². The molecule has 0 atom stereocenters. The van der Waals surface area contributed by atoms with Gasteiger partial charge in [-0.25, -0.2) is 0 Å². The molecule has 0 spiro atoms. The second-order valence-electron chi connectivity index (χ2n) is 7.08. The SMILES string of the molecule is COc1cc(/C=C2\SC(=O)N(CCOc3cccc(C)c3)C2=O)ccc1OC(C)C. The van der Waals surface area contributed by atoms with Gasteiger partial charge < -0.3 is 14.2 Å². The van der Waals surface area contributed by atoms with Crippen molar-refractivity contribution in [3.8, 4) is 17.2 Å². The van der Waals surface area contributed by atoms with E-state index in [1.54, 1.807) is 25.3 Å². The number of nitrogens with zero attached hydrogens (tertiary/aromatic N) is 1. The van der Waals surface area contributed by atoms with Gasteiger partial charge in [-0.1, -0.05) is 18.2 Å². The van der Waals surface area contributed by atoms with Crippen molar-refractivity contribution in [1.29, 1.82) is 0 Å². The van der Waals surface area contributed by atoms with Gasteiger partial charge in [0, 0.05) is 0 Å². The van der Waals surface area contributed by atoms with Gasteiger partial charge in [-0.15, -0.1) is 0 Å². The van der Waals surface area contributed by atoms with Crippen LogP contribution in [-0.4, -0.2) is 42.4 Å². The lowest BCUT2D eigenvalue weighted by molar-refractivity contribution is -0.123. The lowest BCUT2D eigenvalue weighted by Gasteiger charge is -2.14. The molecule has 158 valence electrons. The standard InChI is InChI=1S/C23H25NO5S/c1-15(2)29-19-9-8-17(13-20(19)27-4)14-21-22(25)24(23(26)30-21)10-11-28-18-7-5-6-16(3)12-18/h5-9,12-15H,10-11H2,1-4H3/b21-14-. The van der Waals surface area contributed by atoms with E-state index in [0.29, 0.717) is 22.2 Å². The van der Waals surface area contributed by atoms with Crippen molar-refractivity contribution < 1.29 is 23.8 Å². The number of methoxy groups -OCH3 is 1. The quantitative estimate of drug-likeness (QED) is 0.558. The van der Waals surface area contributed by atoms with Gasteiger partial charge in [0.15, 0.2) is 11.5 Å². The number of benzene rings is 2. The van der Waals surface area contributed by atoms with Crippen LogP contribution in [0.4, 0.5) is 4.79 Å². The second kappa shape index (κ2) is 9.71. The first kappa shape index (κ1) is 21.8. The van der Waals surface area contributed by atoms with E-state index >= 15 is 0 Å². The van der Waals surface area contributed by atoms with Crippen LogP contribution >= 0.6 is 11.8 Å². The van der Waals surface area contributed by atoms with Crippen LogP contribution in [0.1, 0.15) is 25.0 Å². The number of thioether (sulfide) groups is 1. The van der Waals surface area contributed by atoms with Gasteiger partial charge in [0.1, 0.15) is 12.4 Å². The third-order valence-corrected chi connectivity index (χ3v) is 5.20. The smallest absolute Gasteiger partial charge is 0.293 e. The summed E-state index contributed by atoms with van der Waals surface area (Å²) < 4.78 is 16.8. The number of amides is 2. The Hall–Kier alpha value is -2.93. The Morgan fingerprint density at radius 3 is 2.60 bits per heavy atom. The molecule has 1 saturated heterocycles. The molecular formula is C23H25NO5S. The molecule has 0 aliphatic carbocycles. The molecule has 2 aromatic carbocycles. The molecule has 3 rings (SSSR count). The maximum atomic E-state index is 12.7. The Balaban J connectivity index is 1.67. The molecule has 1 aliphatic rings. The van der Waals surface area contributed by atoms with Crippen LogP contribution in [0.15, 0.2) is 47.4 Å². The topological polar surface area (TPSA) is 65.1 Å². The Labute approximate surface area is 180 Å². The zero-order valence-corrected chi connectivity index (χ0v) is 18.3. The van der Waals surface area contributed by atoms with Crippen molar-refractivity contribution in [2.45, 2.75) is 26.9 Å². The zero-order valence-electron chi connectivity index (χ0n) is 17.5. The van der Waals surface area contributed by atoms with Crippen LogP contribution in [0, 0.1) is 6.92 Å². The van der Waals surface area contributed by atoms with Crippen LogP contribution in [-0.2, 0) is 4.79 Å². The van der Waals surface area contributed by atoms with Gasteiger partial charge in [0.05, 0.1) is 24.7 Å². The summed E-state index contributed by atoms with van der Waals surface area (Å²) in [5.74, 6) is 1.60. The molecule has 0 unspecified atom stereocenters. The average Bonchev–Trinajstić information content (AvgIpc) is 2.96. The maximum Gasteiger partial charge on any atom is 0.293 e. The van der Waals surface area contributed by atoms with Gasteiger partial charge in [-0.3, -0.25) is 14.5 Å². The summed E-state index contributed by atoms with van der Waals surface area (Å²) in [5, 5.41) is -0.300. The summed E-state index contributed by atoms with van der Waals surface area (Å²) in [7, 11) is 1.56. The number of rotatable bonds is 8. The van der Waals surface area contributed by atoms with E-state index in [9.17, 15) is 9.59 Å². The first-order chi connectivity index (χ1) is 14.4.